The molecule has 0 unspecified atom stereocenters. The number of carboxylic acid groups (broad SMARTS) is 1. The molecule has 0 aromatic rings. The Balaban J connectivity index is 0.00000144. The monoisotopic (exact) mass is 366 g/mol. The van der Waals surface area contributed by atoms with Gasteiger partial charge in [0.2, 0.25) is 0 Å². The van der Waals surface area contributed by atoms with Crippen LogP contribution in [0, 0.1) is 0 Å². The zero-order valence-corrected chi connectivity index (χ0v) is 14.5. The molecule has 2 amide bonds. The molecule has 2 fully saturated rings. The van der Waals surface area contributed by atoms with Crippen LogP contribution in [0.5, 0.6) is 0 Å². The molecule has 2 heterocycles. The summed E-state index contributed by atoms with van der Waals surface area (Å²) in [5.41, 5.74) is 0. The molecule has 7 heteroatoms. The van der Waals surface area contributed by atoms with Crippen LogP contribution in [0.1, 0.15) is 25.7 Å². The maximum atomic E-state index is 11.1. The zero-order chi connectivity index (χ0) is 11.5. The summed E-state index contributed by atoms with van der Waals surface area (Å²) >= 11 is 1.87. The van der Waals surface area contributed by atoms with Gasteiger partial charge in [-0.2, -0.15) is 11.8 Å². The number of hydrogen-bond donors (Lipinski definition) is 3. The number of rotatable bonds is 5. The summed E-state index contributed by atoms with van der Waals surface area (Å²) in [6, 6.07) is 0.440. The molecule has 0 aliphatic carbocycles. The average Bonchev–Trinajstić information content (AvgIpc) is 2.72. The Bertz CT molecular complexity index is 303. The Morgan fingerprint density at radius 1 is 1.41 bits per heavy atom. The molecular formula is C10H18N2O3SSn. The molecule has 5 nitrogen and oxygen atoms in total. The van der Waals surface area contributed by atoms with Crippen molar-refractivity contribution in [2.24, 2.45) is 0 Å². The molecule has 17 heavy (non-hydrogen) atoms. The summed E-state index contributed by atoms with van der Waals surface area (Å²) in [5.74, 6) is 0.236. The van der Waals surface area contributed by atoms with Crippen LogP contribution in [-0.2, 0) is 4.79 Å². The molecule has 2 aliphatic rings. The van der Waals surface area contributed by atoms with Crippen LogP contribution < -0.4 is 10.6 Å². The number of nitrogens with one attached hydrogen (secondary N) is 2. The zero-order valence-electron chi connectivity index (χ0n) is 9.65. The molecule has 3 atom stereocenters. The minimum absolute atomic E-state index is 0. The van der Waals surface area contributed by atoms with Crippen molar-refractivity contribution in [3.05, 3.63) is 0 Å². The number of unbranched alkanes of at least 4 members (excludes halogenated alkanes) is 1. The van der Waals surface area contributed by atoms with Crippen molar-refractivity contribution in [1.82, 2.24) is 10.6 Å². The van der Waals surface area contributed by atoms with Gasteiger partial charge in [-0.05, 0) is 12.8 Å². The fourth-order valence-corrected chi connectivity index (χ4v) is 3.81. The third-order valence-corrected chi connectivity index (χ3v) is 4.58. The first-order chi connectivity index (χ1) is 7.66. The van der Waals surface area contributed by atoms with Crippen molar-refractivity contribution in [3.8, 4) is 0 Å². The fourth-order valence-electron chi connectivity index (χ4n) is 2.26. The average molecular weight is 365 g/mol. The van der Waals surface area contributed by atoms with E-state index in [-0.39, 0.29) is 48.4 Å². The molecule has 0 aromatic carbocycles. The van der Waals surface area contributed by atoms with Crippen molar-refractivity contribution in [3.63, 3.8) is 0 Å². The fraction of sp³-hybridized carbons (Fsp3) is 0.800. The topological polar surface area (TPSA) is 78.4 Å². The molecule has 2 aliphatic heterocycles. The molecule has 0 saturated carbocycles. The second kappa shape index (κ2) is 6.72. The third kappa shape index (κ3) is 3.94. The molecule has 0 spiro atoms. The SMILES string of the molecule is O=C(O)CCCC[C@@H]1SC[C@@H]2NC(=O)N[C@@H]21.[SnH2]. The van der Waals surface area contributed by atoms with Crippen molar-refractivity contribution in [1.29, 1.82) is 0 Å². The summed E-state index contributed by atoms with van der Waals surface area (Å²) < 4.78 is 0. The Morgan fingerprint density at radius 3 is 2.88 bits per heavy atom. The van der Waals surface area contributed by atoms with E-state index in [1.54, 1.807) is 0 Å². The summed E-state index contributed by atoms with van der Waals surface area (Å²) in [6.45, 7) is 0. The Morgan fingerprint density at radius 2 is 2.18 bits per heavy atom. The van der Waals surface area contributed by atoms with E-state index in [1.807, 2.05) is 11.8 Å². The maximum absolute atomic E-state index is 11.1. The Hall–Kier alpha value is -0.111. The molecule has 2 rings (SSSR count). The van der Waals surface area contributed by atoms with Crippen molar-refractivity contribution in [2.75, 3.05) is 5.75 Å². The van der Waals surface area contributed by atoms with Gasteiger partial charge < -0.3 is 15.7 Å². The molecule has 0 bridgehead atoms. The number of carbonyl (C=O) groups is 2. The standard InChI is InChI=1S/C10H16N2O3S.Sn.2H/c13-8(14)4-2-1-3-7-9-6(5-16-7)11-10(15)12-9;;;/h6-7,9H,1-5H2,(H,13,14)(H2,11,12,15);;;/t6-,7-,9-;;;/m0.../s1. The van der Waals surface area contributed by atoms with Gasteiger partial charge in [0.1, 0.15) is 0 Å². The van der Waals surface area contributed by atoms with E-state index in [0.717, 1.165) is 25.0 Å². The predicted octanol–water partition coefficient (Wildman–Crippen LogP) is -0.119. The van der Waals surface area contributed by atoms with Gasteiger partial charge in [-0.25, -0.2) is 4.79 Å². The van der Waals surface area contributed by atoms with Crippen LogP contribution in [0.25, 0.3) is 0 Å². The number of amides is 2. The number of thioether (sulfide) groups is 1. The van der Waals surface area contributed by atoms with E-state index in [4.69, 9.17) is 5.11 Å². The second-order valence-electron chi connectivity index (χ2n) is 4.26. The molecule has 3 N–H and O–H groups in total. The van der Waals surface area contributed by atoms with Gasteiger partial charge in [0, 0.05) is 17.4 Å². The van der Waals surface area contributed by atoms with Gasteiger partial charge in [-0.3, -0.25) is 4.79 Å². The molecule has 2 radical (unpaired) electrons. The normalized spacial score (nSPS) is 30.1. The van der Waals surface area contributed by atoms with Gasteiger partial charge in [0.25, 0.3) is 0 Å². The van der Waals surface area contributed by atoms with Gasteiger partial charge in [-0.1, -0.05) is 6.42 Å². The number of aliphatic carboxylic acids is 1. The van der Waals surface area contributed by atoms with E-state index < -0.39 is 5.97 Å². The molecular weight excluding hydrogens is 347 g/mol. The van der Waals surface area contributed by atoms with Crippen LogP contribution in [0.3, 0.4) is 0 Å². The number of hydrogen-bond acceptors (Lipinski definition) is 3. The van der Waals surface area contributed by atoms with Crippen LogP contribution in [-0.4, -0.2) is 64.1 Å². The van der Waals surface area contributed by atoms with Crippen molar-refractivity contribution in [2.45, 2.75) is 43.0 Å². The molecule has 0 aromatic heterocycles. The van der Waals surface area contributed by atoms with E-state index >= 15 is 0 Å². The predicted molar refractivity (Wildman–Crippen MR) is 70.1 cm³/mol. The summed E-state index contributed by atoms with van der Waals surface area (Å²) in [5, 5.41) is 14.8. The van der Waals surface area contributed by atoms with Crippen LogP contribution in [0.4, 0.5) is 4.79 Å². The summed E-state index contributed by atoms with van der Waals surface area (Å²) in [4.78, 5) is 21.5. The quantitative estimate of drug-likeness (QED) is 0.361. The first kappa shape index (κ1) is 14.9. The first-order valence-corrected chi connectivity index (χ1v) is 6.62. The molecule has 96 valence electrons. The minimum atomic E-state index is -0.729. The first-order valence-electron chi connectivity index (χ1n) is 5.57. The Kier molecular flexibility index (Phi) is 5.91. The van der Waals surface area contributed by atoms with E-state index in [0.29, 0.717) is 5.25 Å². The van der Waals surface area contributed by atoms with Crippen LogP contribution >= 0.6 is 11.8 Å². The number of urea groups is 1. The van der Waals surface area contributed by atoms with Gasteiger partial charge in [0.15, 0.2) is 0 Å². The number of fused-ring (bicyclic) bond motifs is 1. The van der Waals surface area contributed by atoms with Crippen LogP contribution in [0.2, 0.25) is 0 Å². The van der Waals surface area contributed by atoms with E-state index in [9.17, 15) is 9.59 Å². The molecule has 2 saturated heterocycles. The van der Waals surface area contributed by atoms with Crippen molar-refractivity contribution < 1.29 is 14.7 Å². The van der Waals surface area contributed by atoms with E-state index in [2.05, 4.69) is 10.6 Å². The Labute approximate surface area is 121 Å². The summed E-state index contributed by atoms with van der Waals surface area (Å²) in [6.07, 6.45) is 2.88. The second-order valence-corrected chi connectivity index (χ2v) is 5.53. The van der Waals surface area contributed by atoms with Crippen molar-refractivity contribution >= 4 is 47.7 Å². The van der Waals surface area contributed by atoms with Gasteiger partial charge in [-0.15, -0.1) is 0 Å². The third-order valence-electron chi connectivity index (χ3n) is 3.07. The summed E-state index contributed by atoms with van der Waals surface area (Å²) in [7, 11) is 0. The number of carboxylic acids is 1. The van der Waals surface area contributed by atoms with Gasteiger partial charge in [0.05, 0.1) is 12.1 Å². The van der Waals surface area contributed by atoms with Gasteiger partial charge >= 0.3 is 35.9 Å². The van der Waals surface area contributed by atoms with Crippen LogP contribution in [0.15, 0.2) is 0 Å². The number of carbonyl (C=O) groups excluding carboxylic acids is 1. The van der Waals surface area contributed by atoms with E-state index in [1.165, 1.54) is 0 Å².